The maximum absolute atomic E-state index is 12.9. The lowest BCUT2D eigenvalue weighted by Crippen LogP contribution is -2.30. The average molecular weight is 281 g/mol. The molecule has 1 aromatic rings. The maximum Gasteiger partial charge on any atom is 0.123 e. The van der Waals surface area contributed by atoms with Crippen LogP contribution in [-0.4, -0.2) is 26.3 Å². The number of benzene rings is 1. The molecule has 1 N–H and O–H groups in total. The molecule has 3 heteroatoms. The van der Waals surface area contributed by atoms with Gasteiger partial charge in [0.25, 0.3) is 0 Å². The number of ether oxygens (including phenoxy) is 1. The third-order valence-electron chi connectivity index (χ3n) is 3.46. The zero-order chi connectivity index (χ0) is 14.8. The molecule has 0 amide bonds. The first kappa shape index (κ1) is 17.1. The highest BCUT2D eigenvalue weighted by Gasteiger charge is 2.10. The van der Waals surface area contributed by atoms with Crippen molar-refractivity contribution < 1.29 is 9.13 Å². The van der Waals surface area contributed by atoms with Crippen molar-refractivity contribution in [3.05, 3.63) is 35.6 Å². The van der Waals surface area contributed by atoms with Crippen molar-refractivity contribution in [2.24, 2.45) is 5.92 Å². The molecule has 20 heavy (non-hydrogen) atoms. The van der Waals surface area contributed by atoms with Gasteiger partial charge < -0.3 is 10.1 Å². The topological polar surface area (TPSA) is 21.3 Å². The van der Waals surface area contributed by atoms with E-state index in [1.54, 1.807) is 19.2 Å². The quantitative estimate of drug-likeness (QED) is 0.659. The lowest BCUT2D eigenvalue weighted by Gasteiger charge is -2.19. The van der Waals surface area contributed by atoms with Gasteiger partial charge in [0.1, 0.15) is 5.82 Å². The van der Waals surface area contributed by atoms with Gasteiger partial charge in [-0.1, -0.05) is 32.4 Å². The van der Waals surface area contributed by atoms with Crippen molar-refractivity contribution in [2.75, 3.05) is 20.3 Å². The van der Waals surface area contributed by atoms with Crippen LogP contribution in [0.4, 0.5) is 4.39 Å². The molecule has 1 atom stereocenters. The second kappa shape index (κ2) is 9.89. The Hall–Kier alpha value is -0.930. The number of nitrogens with one attached hydrogen (secondary N) is 1. The summed E-state index contributed by atoms with van der Waals surface area (Å²) in [7, 11) is 1.75. The minimum Gasteiger partial charge on any atom is -0.385 e. The lowest BCUT2D eigenvalue weighted by molar-refractivity contribution is 0.190. The number of hydrogen-bond donors (Lipinski definition) is 1. The number of rotatable bonds is 10. The Labute approximate surface area is 122 Å². The molecular weight excluding hydrogens is 253 g/mol. The highest BCUT2D eigenvalue weighted by molar-refractivity contribution is 5.16. The van der Waals surface area contributed by atoms with Crippen LogP contribution in [0, 0.1) is 11.7 Å². The van der Waals surface area contributed by atoms with Crippen LogP contribution in [0.3, 0.4) is 0 Å². The second-order valence-electron chi connectivity index (χ2n) is 5.75. The summed E-state index contributed by atoms with van der Waals surface area (Å²) in [5, 5.41) is 3.51. The molecule has 0 saturated carbocycles. The second-order valence-corrected chi connectivity index (χ2v) is 5.75. The van der Waals surface area contributed by atoms with Crippen LogP contribution in [0.2, 0.25) is 0 Å². The van der Waals surface area contributed by atoms with Crippen molar-refractivity contribution in [2.45, 2.75) is 45.6 Å². The van der Waals surface area contributed by atoms with Gasteiger partial charge in [0.2, 0.25) is 0 Å². The van der Waals surface area contributed by atoms with Gasteiger partial charge in [0, 0.05) is 19.8 Å². The van der Waals surface area contributed by atoms with Gasteiger partial charge in [-0.3, -0.25) is 0 Å². The molecule has 0 spiro atoms. The molecule has 0 radical (unpaired) electrons. The van der Waals surface area contributed by atoms with Crippen LogP contribution < -0.4 is 5.32 Å². The zero-order valence-corrected chi connectivity index (χ0v) is 13.0. The Kier molecular flexibility index (Phi) is 8.47. The van der Waals surface area contributed by atoms with Crippen molar-refractivity contribution in [1.29, 1.82) is 0 Å². The predicted molar refractivity (Wildman–Crippen MR) is 82.5 cm³/mol. The summed E-state index contributed by atoms with van der Waals surface area (Å²) >= 11 is 0. The van der Waals surface area contributed by atoms with E-state index in [-0.39, 0.29) is 5.82 Å². The van der Waals surface area contributed by atoms with Crippen LogP contribution in [-0.2, 0) is 11.2 Å². The first-order valence-corrected chi connectivity index (χ1v) is 7.58. The monoisotopic (exact) mass is 281 g/mol. The van der Waals surface area contributed by atoms with Gasteiger partial charge in [0.15, 0.2) is 0 Å². The van der Waals surface area contributed by atoms with Crippen LogP contribution in [0.5, 0.6) is 0 Å². The number of methoxy groups -OCH3 is 1. The predicted octanol–water partition coefficient (Wildman–Crippen LogP) is 3.80. The summed E-state index contributed by atoms with van der Waals surface area (Å²) in [6.07, 6.45) is 4.48. The van der Waals surface area contributed by atoms with Crippen molar-refractivity contribution >= 4 is 0 Å². The van der Waals surface area contributed by atoms with Crippen molar-refractivity contribution in [3.63, 3.8) is 0 Å². The molecule has 0 fully saturated rings. The Balaban J connectivity index is 2.45. The van der Waals surface area contributed by atoms with E-state index in [0.717, 1.165) is 26.0 Å². The van der Waals surface area contributed by atoms with Gasteiger partial charge in [-0.05, 0) is 49.4 Å². The highest BCUT2D eigenvalue weighted by atomic mass is 19.1. The fourth-order valence-corrected chi connectivity index (χ4v) is 2.31. The van der Waals surface area contributed by atoms with Gasteiger partial charge in [-0.15, -0.1) is 0 Å². The van der Waals surface area contributed by atoms with E-state index in [0.29, 0.717) is 12.0 Å². The van der Waals surface area contributed by atoms with Crippen molar-refractivity contribution in [3.8, 4) is 0 Å². The maximum atomic E-state index is 12.9. The highest BCUT2D eigenvalue weighted by Crippen LogP contribution is 2.16. The van der Waals surface area contributed by atoms with E-state index >= 15 is 0 Å². The van der Waals surface area contributed by atoms with Gasteiger partial charge in [-0.25, -0.2) is 4.39 Å². The van der Waals surface area contributed by atoms with E-state index in [1.807, 2.05) is 12.1 Å². The van der Waals surface area contributed by atoms with Crippen LogP contribution >= 0.6 is 0 Å². The molecule has 0 aliphatic heterocycles. The lowest BCUT2D eigenvalue weighted by atomic mass is 9.93. The van der Waals surface area contributed by atoms with Crippen LogP contribution in [0.25, 0.3) is 0 Å². The number of hydrogen-bond acceptors (Lipinski definition) is 2. The Bertz CT molecular complexity index is 351. The summed E-state index contributed by atoms with van der Waals surface area (Å²) in [5.74, 6) is 0.436. The van der Waals surface area contributed by atoms with E-state index in [1.165, 1.54) is 18.4 Å². The minimum absolute atomic E-state index is 0.161. The summed E-state index contributed by atoms with van der Waals surface area (Å²) in [6.45, 7) is 6.18. The first-order valence-electron chi connectivity index (χ1n) is 7.58. The average Bonchev–Trinajstić information content (AvgIpc) is 2.43. The standard InChI is InChI=1S/C17H28FNO/c1-14(2)19-13-16(6-4-5-11-20-3)12-15-7-9-17(18)10-8-15/h7-10,14,16,19H,4-6,11-13H2,1-3H3. The SMILES string of the molecule is COCCCCC(CNC(C)C)Cc1ccc(F)cc1. The molecule has 0 bridgehead atoms. The summed E-state index contributed by atoms with van der Waals surface area (Å²) in [5.41, 5.74) is 1.22. The third-order valence-corrected chi connectivity index (χ3v) is 3.46. The molecule has 114 valence electrons. The molecule has 1 unspecified atom stereocenters. The zero-order valence-electron chi connectivity index (χ0n) is 13.0. The van der Waals surface area contributed by atoms with Gasteiger partial charge in [-0.2, -0.15) is 0 Å². The molecular formula is C17H28FNO. The van der Waals surface area contributed by atoms with E-state index in [4.69, 9.17) is 4.74 Å². The normalized spacial score (nSPS) is 12.8. The van der Waals surface area contributed by atoms with E-state index < -0.39 is 0 Å². The fourth-order valence-electron chi connectivity index (χ4n) is 2.31. The fraction of sp³-hybridized carbons (Fsp3) is 0.647. The minimum atomic E-state index is -0.161. The summed E-state index contributed by atoms with van der Waals surface area (Å²) < 4.78 is 18.0. The molecule has 0 aliphatic carbocycles. The van der Waals surface area contributed by atoms with E-state index in [9.17, 15) is 4.39 Å². The smallest absolute Gasteiger partial charge is 0.123 e. The van der Waals surface area contributed by atoms with Gasteiger partial charge in [0.05, 0.1) is 0 Å². The van der Waals surface area contributed by atoms with Crippen molar-refractivity contribution in [1.82, 2.24) is 5.32 Å². The third kappa shape index (κ3) is 7.61. The Morgan fingerprint density at radius 3 is 2.45 bits per heavy atom. The molecule has 0 saturated heterocycles. The molecule has 1 rings (SSSR count). The van der Waals surface area contributed by atoms with Crippen LogP contribution in [0.1, 0.15) is 38.7 Å². The van der Waals surface area contributed by atoms with Gasteiger partial charge >= 0.3 is 0 Å². The van der Waals surface area contributed by atoms with Crippen LogP contribution in [0.15, 0.2) is 24.3 Å². The molecule has 0 heterocycles. The van der Waals surface area contributed by atoms with E-state index in [2.05, 4.69) is 19.2 Å². The Morgan fingerprint density at radius 1 is 1.15 bits per heavy atom. The molecule has 0 aromatic heterocycles. The Morgan fingerprint density at radius 2 is 1.85 bits per heavy atom. The number of halogens is 1. The number of unbranched alkanes of at least 4 members (excludes halogenated alkanes) is 1. The molecule has 0 aliphatic rings. The largest absolute Gasteiger partial charge is 0.385 e. The first-order chi connectivity index (χ1) is 9.61. The molecule has 2 nitrogen and oxygen atoms in total. The summed E-state index contributed by atoms with van der Waals surface area (Å²) in [6, 6.07) is 7.39. The summed E-state index contributed by atoms with van der Waals surface area (Å²) in [4.78, 5) is 0. The molecule has 1 aromatic carbocycles.